The molecule has 0 unspecified atom stereocenters. The van der Waals surface area contributed by atoms with E-state index in [1.165, 1.54) is 12.5 Å². The maximum atomic E-state index is 12.6. The molecule has 3 rings (SSSR count). The molecule has 108 valence electrons. The van der Waals surface area contributed by atoms with Crippen molar-refractivity contribution in [2.24, 2.45) is 0 Å². The van der Waals surface area contributed by atoms with Crippen LogP contribution in [0.25, 0.3) is 11.0 Å². The molecular weight excluding hydrogens is 378 g/mol. The Bertz CT molecular complexity index is 910. The van der Waals surface area contributed by atoms with Crippen LogP contribution < -0.4 is 0 Å². The van der Waals surface area contributed by atoms with Crippen molar-refractivity contribution < 1.29 is 8.42 Å². The highest BCUT2D eigenvalue weighted by atomic mass is 79.9. The van der Waals surface area contributed by atoms with Gasteiger partial charge in [-0.3, -0.25) is 0 Å². The smallest absolute Gasteiger partial charge is 0.226 e. The molecular formula is C13H9BrClN3O2S. The number of nitrogens with zero attached hydrogens (tertiary/aromatic N) is 3. The molecule has 0 amide bonds. The SMILES string of the molecule is O=S(=O)(Cc1ccccc1)n1cc(Br)c2c(Cl)ncnc21. The lowest BCUT2D eigenvalue weighted by Crippen LogP contribution is -2.14. The van der Waals surface area contributed by atoms with E-state index in [4.69, 9.17) is 11.6 Å². The average Bonchev–Trinajstić information content (AvgIpc) is 2.79. The third-order valence-corrected chi connectivity index (χ3v) is 5.41. The Kier molecular flexibility index (Phi) is 3.73. The fourth-order valence-electron chi connectivity index (χ4n) is 2.02. The second-order valence-corrected chi connectivity index (χ2v) is 7.44. The molecule has 0 aliphatic heterocycles. The predicted octanol–water partition coefficient (Wildman–Crippen LogP) is 3.23. The van der Waals surface area contributed by atoms with E-state index in [2.05, 4.69) is 25.9 Å². The maximum Gasteiger partial charge on any atom is 0.244 e. The fourth-order valence-corrected chi connectivity index (χ4v) is 4.49. The number of hydrogen-bond donors (Lipinski definition) is 0. The minimum atomic E-state index is -3.60. The molecule has 8 heteroatoms. The lowest BCUT2D eigenvalue weighted by Gasteiger charge is -2.06. The van der Waals surface area contributed by atoms with Crippen molar-refractivity contribution in [1.29, 1.82) is 0 Å². The molecule has 1 aromatic carbocycles. The molecule has 5 nitrogen and oxygen atoms in total. The van der Waals surface area contributed by atoms with Crippen LogP contribution >= 0.6 is 27.5 Å². The van der Waals surface area contributed by atoms with Crippen molar-refractivity contribution in [2.45, 2.75) is 5.75 Å². The largest absolute Gasteiger partial charge is 0.244 e. The van der Waals surface area contributed by atoms with E-state index in [0.29, 0.717) is 15.4 Å². The number of halogens is 2. The fraction of sp³-hybridized carbons (Fsp3) is 0.0769. The van der Waals surface area contributed by atoms with Gasteiger partial charge in [0.05, 0.1) is 11.1 Å². The van der Waals surface area contributed by atoms with Gasteiger partial charge in [-0.15, -0.1) is 0 Å². The Balaban J connectivity index is 2.14. The lowest BCUT2D eigenvalue weighted by molar-refractivity contribution is 0.588. The van der Waals surface area contributed by atoms with Gasteiger partial charge in [-0.05, 0) is 21.5 Å². The third kappa shape index (κ3) is 2.68. The van der Waals surface area contributed by atoms with Crippen molar-refractivity contribution in [1.82, 2.24) is 13.9 Å². The lowest BCUT2D eigenvalue weighted by atomic mass is 10.2. The molecule has 0 radical (unpaired) electrons. The highest BCUT2D eigenvalue weighted by molar-refractivity contribution is 9.10. The van der Waals surface area contributed by atoms with Crippen molar-refractivity contribution in [3.63, 3.8) is 0 Å². The van der Waals surface area contributed by atoms with Gasteiger partial charge in [0.2, 0.25) is 10.0 Å². The standard InChI is InChI=1S/C13H9BrClN3O2S/c14-10-6-18(13-11(10)12(15)16-8-17-13)21(19,20)7-9-4-2-1-3-5-9/h1-6,8H,7H2. The molecule has 0 atom stereocenters. The molecule has 2 heterocycles. The second kappa shape index (κ2) is 5.40. The molecule has 21 heavy (non-hydrogen) atoms. The van der Waals surface area contributed by atoms with E-state index < -0.39 is 10.0 Å². The van der Waals surface area contributed by atoms with Gasteiger partial charge in [0.15, 0.2) is 5.65 Å². The first-order valence-corrected chi connectivity index (χ1v) is 8.71. The van der Waals surface area contributed by atoms with Crippen molar-refractivity contribution >= 4 is 48.6 Å². The number of aromatic nitrogens is 3. The van der Waals surface area contributed by atoms with Crippen molar-refractivity contribution in [2.75, 3.05) is 0 Å². The first kappa shape index (κ1) is 14.5. The van der Waals surface area contributed by atoms with Crippen LogP contribution in [0.5, 0.6) is 0 Å². The van der Waals surface area contributed by atoms with Crippen LogP contribution in [0.3, 0.4) is 0 Å². The van der Waals surface area contributed by atoms with Crippen LogP contribution in [0.4, 0.5) is 0 Å². The summed E-state index contributed by atoms with van der Waals surface area (Å²) in [6.07, 6.45) is 2.69. The molecule has 0 bridgehead atoms. The highest BCUT2D eigenvalue weighted by Gasteiger charge is 2.21. The maximum absolute atomic E-state index is 12.6. The Hall–Kier alpha value is -1.44. The summed E-state index contributed by atoms with van der Waals surface area (Å²) < 4.78 is 26.8. The van der Waals surface area contributed by atoms with E-state index in [1.807, 2.05) is 6.07 Å². The zero-order valence-electron chi connectivity index (χ0n) is 10.6. The van der Waals surface area contributed by atoms with Gasteiger partial charge in [-0.25, -0.2) is 22.4 Å². The highest BCUT2D eigenvalue weighted by Crippen LogP contribution is 2.31. The summed E-state index contributed by atoms with van der Waals surface area (Å²) in [5.41, 5.74) is 0.966. The van der Waals surface area contributed by atoms with E-state index in [1.54, 1.807) is 24.3 Å². The molecule has 0 fully saturated rings. The Morgan fingerprint density at radius 2 is 1.90 bits per heavy atom. The van der Waals surface area contributed by atoms with Crippen molar-refractivity contribution in [3.05, 3.63) is 58.0 Å². The molecule has 0 saturated carbocycles. The van der Waals surface area contributed by atoms with E-state index in [9.17, 15) is 8.42 Å². The third-order valence-electron chi connectivity index (χ3n) is 2.95. The Labute approximate surface area is 134 Å². The summed E-state index contributed by atoms with van der Waals surface area (Å²) >= 11 is 9.29. The molecule has 0 saturated heterocycles. The van der Waals surface area contributed by atoms with Gasteiger partial charge >= 0.3 is 0 Å². The van der Waals surface area contributed by atoms with Crippen LogP contribution in [0.2, 0.25) is 5.15 Å². The van der Waals surface area contributed by atoms with E-state index >= 15 is 0 Å². The molecule has 2 aromatic heterocycles. The van der Waals surface area contributed by atoms with Crippen molar-refractivity contribution in [3.8, 4) is 0 Å². The molecule has 0 spiro atoms. The van der Waals surface area contributed by atoms with Gasteiger partial charge in [-0.1, -0.05) is 41.9 Å². The first-order chi connectivity index (χ1) is 9.99. The average molecular weight is 387 g/mol. The molecule has 0 aliphatic carbocycles. The monoisotopic (exact) mass is 385 g/mol. The predicted molar refractivity (Wildman–Crippen MR) is 84.7 cm³/mol. The Morgan fingerprint density at radius 1 is 1.19 bits per heavy atom. The molecule has 0 aliphatic rings. The minimum absolute atomic E-state index is 0.119. The zero-order valence-corrected chi connectivity index (χ0v) is 13.7. The van der Waals surface area contributed by atoms with Crippen LogP contribution in [-0.2, 0) is 15.8 Å². The summed E-state index contributed by atoms with van der Waals surface area (Å²) in [5.74, 6) is -0.119. The van der Waals surface area contributed by atoms with Crippen LogP contribution in [-0.4, -0.2) is 22.4 Å². The normalized spacial score (nSPS) is 11.9. The summed E-state index contributed by atoms with van der Waals surface area (Å²) in [7, 11) is -3.60. The first-order valence-electron chi connectivity index (χ1n) is 5.93. The summed E-state index contributed by atoms with van der Waals surface area (Å²) in [6.45, 7) is 0. The topological polar surface area (TPSA) is 64.8 Å². The van der Waals surface area contributed by atoms with Gasteiger partial charge in [-0.2, -0.15) is 0 Å². The van der Waals surface area contributed by atoms with Gasteiger partial charge in [0.1, 0.15) is 11.5 Å². The van der Waals surface area contributed by atoms with E-state index in [-0.39, 0.29) is 16.6 Å². The van der Waals surface area contributed by atoms with Crippen LogP contribution in [0, 0.1) is 0 Å². The van der Waals surface area contributed by atoms with Gasteiger partial charge < -0.3 is 0 Å². The summed E-state index contributed by atoms with van der Waals surface area (Å²) in [5, 5.41) is 0.691. The minimum Gasteiger partial charge on any atom is -0.226 e. The Morgan fingerprint density at radius 3 is 2.62 bits per heavy atom. The van der Waals surface area contributed by atoms with Crippen LogP contribution in [0.15, 0.2) is 47.3 Å². The number of benzene rings is 1. The van der Waals surface area contributed by atoms with E-state index in [0.717, 1.165) is 3.97 Å². The quantitative estimate of drug-likeness (QED) is 0.648. The van der Waals surface area contributed by atoms with Gasteiger partial charge in [0.25, 0.3) is 0 Å². The molecule has 0 N–H and O–H groups in total. The summed E-state index contributed by atoms with van der Waals surface area (Å²) in [6, 6.07) is 8.96. The molecule has 3 aromatic rings. The van der Waals surface area contributed by atoms with Gasteiger partial charge in [0, 0.05) is 10.7 Å². The number of hydrogen-bond acceptors (Lipinski definition) is 4. The zero-order chi connectivity index (χ0) is 15.0. The second-order valence-electron chi connectivity index (χ2n) is 4.38. The number of rotatable bonds is 3. The summed E-state index contributed by atoms with van der Waals surface area (Å²) in [4.78, 5) is 7.89. The number of fused-ring (bicyclic) bond motifs is 1. The van der Waals surface area contributed by atoms with Crippen LogP contribution in [0.1, 0.15) is 5.56 Å².